The van der Waals surface area contributed by atoms with Crippen molar-refractivity contribution in [3.63, 3.8) is 0 Å². The second kappa shape index (κ2) is 13.6. The molecule has 1 aromatic carbocycles. The summed E-state index contributed by atoms with van der Waals surface area (Å²) in [5.41, 5.74) is 1.37. The van der Waals surface area contributed by atoms with Crippen molar-refractivity contribution in [1.29, 1.82) is 0 Å². The summed E-state index contributed by atoms with van der Waals surface area (Å²) in [6.45, 7) is 4.09. The largest absolute Gasteiger partial charge is 0.356 e. The minimum Gasteiger partial charge on any atom is -0.356 e. The number of nitrogens with zero attached hydrogens (tertiary/aromatic N) is 2. The first-order chi connectivity index (χ1) is 10.7. The lowest BCUT2D eigenvalue weighted by molar-refractivity contribution is 0.290. The van der Waals surface area contributed by atoms with Crippen LogP contribution in [0, 0.1) is 0 Å². The first kappa shape index (κ1) is 22.2. The number of rotatable bonds is 9. The number of halogens is 1. The van der Waals surface area contributed by atoms with E-state index in [0.29, 0.717) is 6.04 Å². The summed E-state index contributed by atoms with van der Waals surface area (Å²) in [5, 5.41) is 6.83. The van der Waals surface area contributed by atoms with Gasteiger partial charge >= 0.3 is 0 Å². The van der Waals surface area contributed by atoms with Crippen LogP contribution in [0.5, 0.6) is 0 Å². The maximum Gasteiger partial charge on any atom is 0.191 e. The molecule has 23 heavy (non-hydrogen) atoms. The molecule has 132 valence electrons. The Bertz CT molecular complexity index is 420. The highest BCUT2D eigenvalue weighted by Crippen LogP contribution is 2.06. The normalized spacial score (nSPS) is 12.7. The van der Waals surface area contributed by atoms with Gasteiger partial charge in [0.15, 0.2) is 5.96 Å². The summed E-state index contributed by atoms with van der Waals surface area (Å²) < 4.78 is 0. The number of likely N-dealkylation sites (N-methyl/N-ethyl adjacent to an activating group) is 1. The zero-order valence-corrected chi connectivity index (χ0v) is 17.3. The average molecular weight is 432 g/mol. The Morgan fingerprint density at radius 2 is 1.83 bits per heavy atom. The zero-order chi connectivity index (χ0) is 16.2. The molecule has 0 aliphatic heterocycles. The Hall–Kier alpha value is -0.820. The maximum atomic E-state index is 4.30. The van der Waals surface area contributed by atoms with E-state index in [1.54, 1.807) is 0 Å². The summed E-state index contributed by atoms with van der Waals surface area (Å²) in [5.74, 6) is 0.899. The summed E-state index contributed by atoms with van der Waals surface area (Å²) in [6, 6.07) is 11.1. The second-order valence-electron chi connectivity index (χ2n) is 5.89. The predicted molar refractivity (Wildman–Crippen MR) is 112 cm³/mol. The Morgan fingerprint density at radius 3 is 2.39 bits per heavy atom. The minimum atomic E-state index is 0. The van der Waals surface area contributed by atoms with Crippen molar-refractivity contribution >= 4 is 29.9 Å². The summed E-state index contributed by atoms with van der Waals surface area (Å²) in [6.07, 6.45) is 4.73. The highest BCUT2D eigenvalue weighted by molar-refractivity contribution is 14.0. The van der Waals surface area contributed by atoms with E-state index in [-0.39, 0.29) is 24.0 Å². The van der Waals surface area contributed by atoms with Crippen LogP contribution in [-0.2, 0) is 6.42 Å². The van der Waals surface area contributed by atoms with Crippen LogP contribution in [0.25, 0.3) is 0 Å². The molecule has 0 radical (unpaired) electrons. The molecule has 1 rings (SSSR count). The van der Waals surface area contributed by atoms with Crippen molar-refractivity contribution in [2.45, 2.75) is 38.6 Å². The molecule has 0 amide bonds. The van der Waals surface area contributed by atoms with Crippen molar-refractivity contribution < 1.29 is 0 Å². The van der Waals surface area contributed by atoms with E-state index < -0.39 is 0 Å². The number of unbranched alkanes of at least 4 members (excludes halogenated alkanes) is 2. The van der Waals surface area contributed by atoms with E-state index in [1.165, 1.54) is 24.8 Å². The third-order valence-electron chi connectivity index (χ3n) is 3.85. The first-order valence-corrected chi connectivity index (χ1v) is 8.32. The van der Waals surface area contributed by atoms with Crippen LogP contribution in [0.2, 0.25) is 0 Å². The summed E-state index contributed by atoms with van der Waals surface area (Å²) >= 11 is 0. The highest BCUT2D eigenvalue weighted by Gasteiger charge is 2.12. The summed E-state index contributed by atoms with van der Waals surface area (Å²) in [7, 11) is 6.09. The van der Waals surface area contributed by atoms with Gasteiger partial charge in [0.25, 0.3) is 0 Å². The molecular formula is C18H33IN4. The van der Waals surface area contributed by atoms with E-state index in [0.717, 1.165) is 25.5 Å². The molecule has 0 aliphatic carbocycles. The predicted octanol–water partition coefficient (Wildman–Crippen LogP) is 3.13. The van der Waals surface area contributed by atoms with Crippen LogP contribution in [0.4, 0.5) is 0 Å². The van der Waals surface area contributed by atoms with Crippen molar-refractivity contribution in [2.75, 3.05) is 34.2 Å². The number of guanidine groups is 1. The van der Waals surface area contributed by atoms with E-state index in [9.17, 15) is 0 Å². The Kier molecular flexibility index (Phi) is 13.1. The quantitative estimate of drug-likeness (QED) is 0.273. The first-order valence-electron chi connectivity index (χ1n) is 8.32. The van der Waals surface area contributed by atoms with Crippen molar-refractivity contribution in [3.8, 4) is 0 Å². The zero-order valence-electron chi connectivity index (χ0n) is 15.0. The Labute approximate surface area is 159 Å². The van der Waals surface area contributed by atoms with Gasteiger partial charge in [0, 0.05) is 26.2 Å². The van der Waals surface area contributed by atoms with Gasteiger partial charge in [-0.05, 0) is 32.5 Å². The molecule has 0 fully saturated rings. The number of aliphatic imine (C=N–C) groups is 1. The second-order valence-corrected chi connectivity index (χ2v) is 5.89. The van der Waals surface area contributed by atoms with Gasteiger partial charge < -0.3 is 15.5 Å². The minimum absolute atomic E-state index is 0. The molecule has 0 saturated heterocycles. The molecule has 0 aliphatic rings. The van der Waals surface area contributed by atoms with Gasteiger partial charge in [-0.1, -0.05) is 50.1 Å². The number of nitrogens with one attached hydrogen (secondary N) is 2. The van der Waals surface area contributed by atoms with E-state index in [1.807, 2.05) is 7.05 Å². The number of benzene rings is 1. The van der Waals surface area contributed by atoms with Gasteiger partial charge in [0.05, 0.1) is 0 Å². The van der Waals surface area contributed by atoms with Crippen LogP contribution >= 0.6 is 24.0 Å². The van der Waals surface area contributed by atoms with Crippen LogP contribution in [0.3, 0.4) is 0 Å². The number of hydrogen-bond acceptors (Lipinski definition) is 2. The molecule has 1 atom stereocenters. The third kappa shape index (κ3) is 9.81. The van der Waals surface area contributed by atoms with Gasteiger partial charge in [-0.25, -0.2) is 0 Å². The fraction of sp³-hybridized carbons (Fsp3) is 0.611. The smallest absolute Gasteiger partial charge is 0.191 e. The number of hydrogen-bond donors (Lipinski definition) is 2. The summed E-state index contributed by atoms with van der Waals surface area (Å²) in [4.78, 5) is 6.57. The van der Waals surface area contributed by atoms with Gasteiger partial charge in [-0.15, -0.1) is 24.0 Å². The molecule has 4 nitrogen and oxygen atoms in total. The molecule has 2 N–H and O–H groups in total. The molecule has 5 heteroatoms. The Balaban J connectivity index is 0.00000484. The van der Waals surface area contributed by atoms with Crippen molar-refractivity contribution in [3.05, 3.63) is 35.9 Å². The van der Waals surface area contributed by atoms with Crippen LogP contribution in [0.15, 0.2) is 35.3 Å². The fourth-order valence-electron chi connectivity index (χ4n) is 2.34. The van der Waals surface area contributed by atoms with Gasteiger partial charge in [-0.3, -0.25) is 4.99 Å². The molecule has 1 unspecified atom stereocenters. The third-order valence-corrected chi connectivity index (χ3v) is 3.85. The Morgan fingerprint density at radius 1 is 1.13 bits per heavy atom. The van der Waals surface area contributed by atoms with Crippen molar-refractivity contribution in [1.82, 2.24) is 15.5 Å². The molecule has 0 spiro atoms. The van der Waals surface area contributed by atoms with Crippen LogP contribution < -0.4 is 10.6 Å². The topological polar surface area (TPSA) is 39.7 Å². The molecule has 1 aromatic rings. The lowest BCUT2D eigenvalue weighted by Crippen LogP contribution is -2.46. The van der Waals surface area contributed by atoms with Gasteiger partial charge in [-0.2, -0.15) is 0 Å². The van der Waals surface area contributed by atoms with Crippen LogP contribution in [-0.4, -0.2) is 51.1 Å². The lowest BCUT2D eigenvalue weighted by atomic mass is 10.1. The van der Waals surface area contributed by atoms with Gasteiger partial charge in [0.1, 0.15) is 0 Å². The average Bonchev–Trinajstić information content (AvgIpc) is 2.53. The molecule has 0 heterocycles. The molecule has 0 aromatic heterocycles. The SMILES string of the molecule is CCCCCNC(=NC)NCC(Cc1ccccc1)N(C)C.I. The monoisotopic (exact) mass is 432 g/mol. The van der Waals surface area contributed by atoms with Gasteiger partial charge in [0.2, 0.25) is 0 Å². The standard InChI is InChI=1S/C18H32N4.HI/c1-5-6-10-13-20-18(19-2)21-15-17(22(3)4)14-16-11-8-7-9-12-16;/h7-9,11-12,17H,5-6,10,13-15H2,1-4H3,(H2,19,20,21);1H. The molecular weight excluding hydrogens is 399 g/mol. The molecule has 0 bridgehead atoms. The fourth-order valence-corrected chi connectivity index (χ4v) is 2.34. The lowest BCUT2D eigenvalue weighted by Gasteiger charge is -2.25. The van der Waals surface area contributed by atoms with Crippen LogP contribution in [0.1, 0.15) is 31.7 Å². The highest BCUT2D eigenvalue weighted by atomic mass is 127. The molecule has 0 saturated carbocycles. The van der Waals surface area contributed by atoms with E-state index in [4.69, 9.17) is 0 Å². The maximum absolute atomic E-state index is 4.30. The van der Waals surface area contributed by atoms with E-state index in [2.05, 4.69) is 71.9 Å². The van der Waals surface area contributed by atoms with E-state index >= 15 is 0 Å². The van der Waals surface area contributed by atoms with Crippen molar-refractivity contribution in [2.24, 2.45) is 4.99 Å².